The van der Waals surface area contributed by atoms with Crippen LogP contribution in [0.3, 0.4) is 0 Å². The number of hydrogen-bond donors (Lipinski definition) is 1. The summed E-state index contributed by atoms with van der Waals surface area (Å²) in [4.78, 5) is 20.9. The molecule has 0 saturated carbocycles. The highest BCUT2D eigenvalue weighted by atomic mass is 127. The molecule has 0 bridgehead atoms. The molecule has 0 aliphatic heterocycles. The topological polar surface area (TPSA) is 98.3 Å². The zero-order valence-corrected chi connectivity index (χ0v) is 11.2. The van der Waals surface area contributed by atoms with Gasteiger partial charge >= 0.3 is 5.97 Å². The fourth-order valence-corrected chi connectivity index (χ4v) is 1.87. The summed E-state index contributed by atoms with van der Waals surface area (Å²) in [5.74, 6) is -2.67. The van der Waals surface area contributed by atoms with Crippen molar-refractivity contribution >= 4 is 34.2 Å². The molecule has 0 unspecified atom stereocenters. The molecule has 0 spiro atoms. The Morgan fingerprint density at radius 3 is 2.68 bits per heavy atom. The van der Waals surface area contributed by atoms with Crippen molar-refractivity contribution in [2.45, 2.75) is 0 Å². The third kappa shape index (κ3) is 2.54. The van der Waals surface area contributed by atoms with Crippen LogP contribution in [0, 0.1) is 19.5 Å². The van der Waals surface area contributed by atoms with E-state index in [0.717, 1.165) is 10.7 Å². The van der Waals surface area contributed by atoms with Gasteiger partial charge in [0.05, 0.1) is 26.3 Å². The fourth-order valence-electron chi connectivity index (χ4n) is 1.48. The molecule has 0 aliphatic rings. The molecular weight excluding hydrogens is 372 g/mol. The van der Waals surface area contributed by atoms with E-state index in [2.05, 4.69) is 5.10 Å². The maximum Gasteiger partial charge on any atom is 0.338 e. The number of nitro benzene ring substituents is 1. The second-order valence-corrected chi connectivity index (χ2v) is 4.73. The number of carbonyl (C=O) groups is 1. The number of aromatic carboxylic acids is 1. The largest absolute Gasteiger partial charge is 0.478 e. The molecule has 1 aromatic carbocycles. The SMILES string of the molecule is O=C(O)c1cc(-n2cc(I)cn2)c([N+](=O)[O-])cc1F. The summed E-state index contributed by atoms with van der Waals surface area (Å²) >= 11 is 1.94. The lowest BCUT2D eigenvalue weighted by Crippen LogP contribution is -2.07. The van der Waals surface area contributed by atoms with Gasteiger partial charge in [-0.3, -0.25) is 10.1 Å². The molecule has 0 fully saturated rings. The Balaban J connectivity index is 2.72. The zero-order chi connectivity index (χ0) is 14.2. The number of nitro groups is 1. The van der Waals surface area contributed by atoms with Crippen LogP contribution in [0.4, 0.5) is 10.1 Å². The normalized spacial score (nSPS) is 10.4. The average Bonchev–Trinajstić information content (AvgIpc) is 2.74. The molecule has 1 heterocycles. The maximum atomic E-state index is 13.4. The van der Waals surface area contributed by atoms with Crippen molar-refractivity contribution in [2.24, 2.45) is 0 Å². The van der Waals surface area contributed by atoms with E-state index < -0.39 is 28.0 Å². The lowest BCUT2D eigenvalue weighted by atomic mass is 10.1. The number of hydrogen-bond acceptors (Lipinski definition) is 4. The minimum Gasteiger partial charge on any atom is -0.478 e. The van der Waals surface area contributed by atoms with Gasteiger partial charge in [0.1, 0.15) is 11.5 Å². The van der Waals surface area contributed by atoms with Gasteiger partial charge in [0.2, 0.25) is 0 Å². The summed E-state index contributed by atoms with van der Waals surface area (Å²) in [6.45, 7) is 0. The lowest BCUT2D eigenvalue weighted by Gasteiger charge is -2.05. The zero-order valence-electron chi connectivity index (χ0n) is 9.08. The Kier molecular flexibility index (Phi) is 3.46. The molecule has 0 radical (unpaired) electrons. The Bertz CT molecular complexity index is 685. The third-order valence-corrected chi connectivity index (χ3v) is 2.85. The molecule has 1 aromatic heterocycles. The van der Waals surface area contributed by atoms with Crippen LogP contribution >= 0.6 is 22.6 Å². The summed E-state index contributed by atoms with van der Waals surface area (Å²) in [5.41, 5.74) is -1.31. The molecule has 19 heavy (non-hydrogen) atoms. The number of rotatable bonds is 3. The quantitative estimate of drug-likeness (QED) is 0.503. The van der Waals surface area contributed by atoms with E-state index in [9.17, 15) is 19.3 Å². The van der Waals surface area contributed by atoms with Gasteiger partial charge in [-0.15, -0.1) is 0 Å². The lowest BCUT2D eigenvalue weighted by molar-refractivity contribution is -0.384. The van der Waals surface area contributed by atoms with Gasteiger partial charge < -0.3 is 5.11 Å². The number of halogens is 2. The van der Waals surface area contributed by atoms with Crippen molar-refractivity contribution in [1.29, 1.82) is 0 Å². The van der Waals surface area contributed by atoms with Crippen LogP contribution in [-0.4, -0.2) is 25.8 Å². The minimum atomic E-state index is -1.50. The summed E-state index contributed by atoms with van der Waals surface area (Å²) in [6, 6.07) is 1.46. The van der Waals surface area contributed by atoms with Crippen molar-refractivity contribution in [3.8, 4) is 5.69 Å². The van der Waals surface area contributed by atoms with E-state index >= 15 is 0 Å². The van der Waals surface area contributed by atoms with Crippen molar-refractivity contribution in [3.63, 3.8) is 0 Å². The molecule has 98 valence electrons. The summed E-state index contributed by atoms with van der Waals surface area (Å²) < 4.78 is 15.3. The first-order valence-electron chi connectivity index (χ1n) is 4.82. The molecule has 1 N–H and O–H groups in total. The Labute approximate surface area is 118 Å². The second-order valence-electron chi connectivity index (χ2n) is 3.49. The molecule has 9 heteroatoms. The van der Waals surface area contributed by atoms with Gasteiger partial charge in [0, 0.05) is 6.20 Å². The van der Waals surface area contributed by atoms with Crippen molar-refractivity contribution in [2.75, 3.05) is 0 Å². The van der Waals surface area contributed by atoms with Crippen LogP contribution in [0.2, 0.25) is 0 Å². The Hall–Kier alpha value is -2.04. The number of carboxylic acids is 1. The number of benzene rings is 1. The average molecular weight is 377 g/mol. The molecule has 0 aliphatic carbocycles. The van der Waals surface area contributed by atoms with E-state index in [1.165, 1.54) is 12.4 Å². The van der Waals surface area contributed by atoms with E-state index in [-0.39, 0.29) is 5.69 Å². The molecule has 2 aromatic rings. The fraction of sp³-hybridized carbons (Fsp3) is 0. The van der Waals surface area contributed by atoms with Gasteiger partial charge in [-0.05, 0) is 28.7 Å². The molecule has 2 rings (SSSR count). The molecule has 0 saturated heterocycles. The van der Waals surface area contributed by atoms with E-state index in [1.54, 1.807) is 0 Å². The predicted octanol–water partition coefficient (Wildman–Crippen LogP) is 2.22. The summed E-state index contributed by atoms with van der Waals surface area (Å²) in [7, 11) is 0. The van der Waals surface area contributed by atoms with Crippen LogP contribution in [-0.2, 0) is 0 Å². The number of carboxylic acid groups (broad SMARTS) is 1. The van der Waals surface area contributed by atoms with Crippen molar-refractivity contribution in [1.82, 2.24) is 9.78 Å². The minimum absolute atomic E-state index is 0.105. The van der Waals surface area contributed by atoms with Crippen LogP contribution in [0.15, 0.2) is 24.5 Å². The predicted molar refractivity (Wildman–Crippen MR) is 69.9 cm³/mol. The van der Waals surface area contributed by atoms with Crippen LogP contribution < -0.4 is 0 Å². The molecular formula is C10H5FIN3O4. The smallest absolute Gasteiger partial charge is 0.338 e. The summed E-state index contributed by atoms with van der Waals surface area (Å²) in [6.07, 6.45) is 2.90. The highest BCUT2D eigenvalue weighted by Gasteiger charge is 2.23. The van der Waals surface area contributed by atoms with Gasteiger partial charge in [-0.2, -0.15) is 5.10 Å². The maximum absolute atomic E-state index is 13.4. The summed E-state index contributed by atoms with van der Waals surface area (Å²) in [5, 5.41) is 23.6. The van der Waals surface area contributed by atoms with E-state index in [0.29, 0.717) is 9.64 Å². The first kappa shape index (κ1) is 13.4. The van der Waals surface area contributed by atoms with Gasteiger partial charge in [0.25, 0.3) is 5.69 Å². The highest BCUT2D eigenvalue weighted by Crippen LogP contribution is 2.26. The van der Waals surface area contributed by atoms with Crippen molar-refractivity contribution < 1.29 is 19.2 Å². The standard InChI is InChI=1S/C10H5FIN3O4/c11-7-2-9(15(18)19)8(1-6(7)10(16)17)14-4-5(12)3-13-14/h1-4H,(H,16,17). The molecule has 7 nitrogen and oxygen atoms in total. The number of nitrogens with zero attached hydrogens (tertiary/aromatic N) is 3. The van der Waals surface area contributed by atoms with E-state index in [4.69, 9.17) is 5.11 Å². The molecule has 0 amide bonds. The van der Waals surface area contributed by atoms with Gasteiger partial charge in [0.15, 0.2) is 0 Å². The second kappa shape index (κ2) is 4.91. The van der Waals surface area contributed by atoms with Crippen LogP contribution in [0.5, 0.6) is 0 Å². The Morgan fingerprint density at radius 2 is 2.21 bits per heavy atom. The first-order valence-corrected chi connectivity index (χ1v) is 5.90. The van der Waals surface area contributed by atoms with Gasteiger partial charge in [-0.25, -0.2) is 13.9 Å². The van der Waals surface area contributed by atoms with Crippen LogP contribution in [0.25, 0.3) is 5.69 Å². The highest BCUT2D eigenvalue weighted by molar-refractivity contribution is 14.1. The Morgan fingerprint density at radius 1 is 1.53 bits per heavy atom. The van der Waals surface area contributed by atoms with Crippen molar-refractivity contribution in [3.05, 3.63) is 49.6 Å². The number of aromatic nitrogens is 2. The third-order valence-electron chi connectivity index (χ3n) is 2.29. The van der Waals surface area contributed by atoms with Crippen LogP contribution in [0.1, 0.15) is 10.4 Å². The molecule has 0 atom stereocenters. The first-order chi connectivity index (χ1) is 8.90. The van der Waals surface area contributed by atoms with Gasteiger partial charge in [-0.1, -0.05) is 0 Å². The monoisotopic (exact) mass is 377 g/mol. The van der Waals surface area contributed by atoms with E-state index in [1.807, 2.05) is 22.6 Å².